The lowest BCUT2D eigenvalue weighted by molar-refractivity contribution is -0.122. The second-order valence-electron chi connectivity index (χ2n) is 7.10. The van der Waals surface area contributed by atoms with Crippen molar-refractivity contribution in [1.29, 1.82) is 0 Å². The van der Waals surface area contributed by atoms with E-state index in [4.69, 9.17) is 19.9 Å². The number of carbonyl (C=O) groups excluding carboxylic acids is 1. The van der Waals surface area contributed by atoms with Crippen molar-refractivity contribution >= 4 is 11.6 Å². The highest BCUT2D eigenvalue weighted by Gasteiger charge is 2.40. The zero-order valence-corrected chi connectivity index (χ0v) is 15.2. The standard InChI is InChI=1S/C19H28N2O4/c1-23-15-9-14(10-16(24-2)18(15)25-3)21-19(22)13-7-11-5-4-6-12(8-13)17(11)20/h9-13,17H,4-8,20H2,1-3H3,(H,21,22). The summed E-state index contributed by atoms with van der Waals surface area (Å²) in [4.78, 5) is 12.8. The highest BCUT2D eigenvalue weighted by atomic mass is 16.5. The van der Waals surface area contributed by atoms with Gasteiger partial charge in [0.1, 0.15) is 0 Å². The summed E-state index contributed by atoms with van der Waals surface area (Å²) in [5, 5.41) is 3.02. The zero-order valence-electron chi connectivity index (χ0n) is 15.2. The average Bonchev–Trinajstić information content (AvgIpc) is 2.60. The van der Waals surface area contributed by atoms with Gasteiger partial charge in [-0.1, -0.05) is 6.42 Å². The molecule has 2 atom stereocenters. The van der Waals surface area contributed by atoms with Crippen LogP contribution in [0.2, 0.25) is 0 Å². The molecule has 0 aliphatic heterocycles. The molecule has 6 nitrogen and oxygen atoms in total. The lowest BCUT2D eigenvalue weighted by Gasteiger charge is -2.43. The summed E-state index contributed by atoms with van der Waals surface area (Å²) < 4.78 is 16.0. The molecular weight excluding hydrogens is 320 g/mol. The number of hydrogen-bond acceptors (Lipinski definition) is 5. The number of rotatable bonds is 5. The molecule has 0 saturated heterocycles. The fourth-order valence-electron chi connectivity index (χ4n) is 4.40. The maximum Gasteiger partial charge on any atom is 0.227 e. The molecule has 0 radical (unpaired) electrons. The van der Waals surface area contributed by atoms with E-state index in [2.05, 4.69) is 5.32 Å². The number of carbonyl (C=O) groups is 1. The summed E-state index contributed by atoms with van der Waals surface area (Å²) in [6.07, 6.45) is 5.29. The van der Waals surface area contributed by atoms with Gasteiger partial charge in [0.2, 0.25) is 11.7 Å². The van der Waals surface area contributed by atoms with Crippen molar-refractivity contribution < 1.29 is 19.0 Å². The van der Waals surface area contributed by atoms with Crippen LogP contribution in [0.3, 0.4) is 0 Å². The topological polar surface area (TPSA) is 82.8 Å². The van der Waals surface area contributed by atoms with E-state index in [1.165, 1.54) is 6.42 Å². The molecule has 6 heteroatoms. The van der Waals surface area contributed by atoms with Crippen molar-refractivity contribution in [3.05, 3.63) is 12.1 Å². The molecule has 2 saturated carbocycles. The van der Waals surface area contributed by atoms with E-state index in [-0.39, 0.29) is 17.9 Å². The van der Waals surface area contributed by atoms with Crippen LogP contribution in [0.4, 0.5) is 5.69 Å². The van der Waals surface area contributed by atoms with Crippen molar-refractivity contribution in [1.82, 2.24) is 0 Å². The van der Waals surface area contributed by atoms with Gasteiger partial charge in [-0.25, -0.2) is 0 Å². The summed E-state index contributed by atoms with van der Waals surface area (Å²) in [6.45, 7) is 0. The zero-order chi connectivity index (χ0) is 18.0. The highest BCUT2D eigenvalue weighted by molar-refractivity contribution is 5.93. The monoisotopic (exact) mass is 348 g/mol. The fraction of sp³-hybridized carbons (Fsp3) is 0.632. The predicted octanol–water partition coefficient (Wildman–Crippen LogP) is 2.80. The first-order valence-corrected chi connectivity index (χ1v) is 8.93. The van der Waals surface area contributed by atoms with E-state index < -0.39 is 0 Å². The summed E-state index contributed by atoms with van der Waals surface area (Å²) in [7, 11) is 4.68. The Hall–Kier alpha value is -1.95. The van der Waals surface area contributed by atoms with Crippen LogP contribution in [0.5, 0.6) is 17.2 Å². The van der Waals surface area contributed by atoms with Crippen molar-refractivity contribution in [2.75, 3.05) is 26.6 Å². The minimum atomic E-state index is 0.0224. The van der Waals surface area contributed by atoms with Crippen molar-refractivity contribution in [2.24, 2.45) is 23.5 Å². The Morgan fingerprint density at radius 3 is 2.08 bits per heavy atom. The van der Waals surface area contributed by atoms with Gasteiger partial charge < -0.3 is 25.3 Å². The van der Waals surface area contributed by atoms with Crippen LogP contribution in [-0.4, -0.2) is 33.3 Å². The smallest absolute Gasteiger partial charge is 0.227 e. The van der Waals surface area contributed by atoms with E-state index in [1.54, 1.807) is 33.5 Å². The maximum absolute atomic E-state index is 12.8. The second kappa shape index (κ2) is 7.52. The van der Waals surface area contributed by atoms with E-state index in [9.17, 15) is 4.79 Å². The Kier molecular flexibility index (Phi) is 5.37. The minimum absolute atomic E-state index is 0.0224. The van der Waals surface area contributed by atoms with Gasteiger partial charge in [0.25, 0.3) is 0 Å². The number of anilines is 1. The maximum atomic E-state index is 12.8. The van der Waals surface area contributed by atoms with Crippen molar-refractivity contribution in [3.63, 3.8) is 0 Å². The largest absolute Gasteiger partial charge is 0.493 e. The molecule has 1 aromatic rings. The number of ether oxygens (including phenoxy) is 3. The number of fused-ring (bicyclic) bond motifs is 2. The van der Waals surface area contributed by atoms with Crippen LogP contribution >= 0.6 is 0 Å². The minimum Gasteiger partial charge on any atom is -0.493 e. The fourth-order valence-corrected chi connectivity index (χ4v) is 4.40. The van der Waals surface area contributed by atoms with Gasteiger partial charge >= 0.3 is 0 Å². The number of benzene rings is 1. The van der Waals surface area contributed by atoms with Gasteiger partial charge in [-0.15, -0.1) is 0 Å². The number of amides is 1. The predicted molar refractivity (Wildman–Crippen MR) is 96.3 cm³/mol. The molecule has 3 N–H and O–H groups in total. The third kappa shape index (κ3) is 3.54. The molecule has 1 aromatic carbocycles. The summed E-state index contributed by atoms with van der Waals surface area (Å²) >= 11 is 0. The normalized spacial score (nSPS) is 28.2. The van der Waals surface area contributed by atoms with Crippen LogP contribution in [-0.2, 0) is 4.79 Å². The Morgan fingerprint density at radius 1 is 1.04 bits per heavy atom. The first kappa shape index (κ1) is 17.9. The lowest BCUT2D eigenvalue weighted by atomic mass is 9.65. The number of nitrogens with two attached hydrogens (primary N) is 1. The van der Waals surface area contributed by atoms with Crippen LogP contribution in [0.15, 0.2) is 12.1 Å². The third-order valence-electron chi connectivity index (χ3n) is 5.72. The molecule has 2 bridgehead atoms. The van der Waals surface area contributed by atoms with Crippen LogP contribution in [0.25, 0.3) is 0 Å². The third-order valence-corrected chi connectivity index (χ3v) is 5.72. The molecule has 0 aromatic heterocycles. The number of methoxy groups -OCH3 is 3. The Labute approximate surface area is 149 Å². The van der Waals surface area contributed by atoms with Gasteiger partial charge in [-0.3, -0.25) is 4.79 Å². The van der Waals surface area contributed by atoms with E-state index in [0.29, 0.717) is 34.8 Å². The summed E-state index contributed by atoms with van der Waals surface area (Å²) in [5.74, 6) is 2.60. The summed E-state index contributed by atoms with van der Waals surface area (Å²) in [6, 6.07) is 3.78. The second-order valence-corrected chi connectivity index (χ2v) is 7.10. The molecular formula is C19H28N2O4. The molecule has 2 aliphatic carbocycles. The number of hydrogen-bond donors (Lipinski definition) is 2. The Balaban J connectivity index is 1.75. The Bertz CT molecular complexity index is 595. The van der Waals surface area contributed by atoms with Crippen molar-refractivity contribution in [2.45, 2.75) is 38.1 Å². The number of nitrogens with one attached hydrogen (secondary N) is 1. The summed E-state index contributed by atoms with van der Waals surface area (Å²) in [5.41, 5.74) is 6.98. The van der Waals surface area contributed by atoms with Gasteiger partial charge in [-0.2, -0.15) is 0 Å². The van der Waals surface area contributed by atoms with E-state index in [0.717, 1.165) is 25.7 Å². The molecule has 3 rings (SSSR count). The Morgan fingerprint density at radius 2 is 1.60 bits per heavy atom. The van der Waals surface area contributed by atoms with Crippen molar-refractivity contribution in [3.8, 4) is 17.2 Å². The van der Waals surface area contributed by atoms with Gasteiger partial charge in [0, 0.05) is 29.8 Å². The van der Waals surface area contributed by atoms with Crippen LogP contribution in [0.1, 0.15) is 32.1 Å². The average molecular weight is 348 g/mol. The van der Waals surface area contributed by atoms with Crippen LogP contribution < -0.4 is 25.3 Å². The first-order valence-electron chi connectivity index (χ1n) is 8.93. The SMILES string of the molecule is COc1cc(NC(=O)C2CC3CCCC(C2)C3N)cc(OC)c1OC. The molecule has 138 valence electrons. The molecule has 0 heterocycles. The van der Waals surface area contributed by atoms with E-state index >= 15 is 0 Å². The lowest BCUT2D eigenvalue weighted by Crippen LogP contribution is -2.48. The molecule has 25 heavy (non-hydrogen) atoms. The molecule has 1 amide bonds. The molecule has 2 aliphatic rings. The first-order chi connectivity index (χ1) is 12.1. The van der Waals surface area contributed by atoms with E-state index in [1.807, 2.05) is 0 Å². The molecule has 2 fully saturated rings. The van der Waals surface area contributed by atoms with Crippen LogP contribution in [0, 0.1) is 17.8 Å². The molecule has 0 spiro atoms. The quantitative estimate of drug-likeness (QED) is 0.855. The van der Waals surface area contributed by atoms with Gasteiger partial charge in [-0.05, 0) is 37.5 Å². The highest BCUT2D eigenvalue weighted by Crippen LogP contribution is 2.43. The molecule has 2 unspecified atom stereocenters. The van der Waals surface area contributed by atoms with Gasteiger partial charge in [0.05, 0.1) is 21.3 Å². The van der Waals surface area contributed by atoms with Gasteiger partial charge in [0.15, 0.2) is 11.5 Å².